The smallest absolute Gasteiger partial charge is 0.545 e. The molecule has 0 aliphatic carbocycles. The number of aromatic nitrogens is 2. The van der Waals surface area contributed by atoms with Crippen molar-refractivity contribution in [3.05, 3.63) is 89.8 Å². The second-order valence-electron chi connectivity index (χ2n) is 11.2. The Labute approximate surface area is 293 Å². The quantitative estimate of drug-likeness (QED) is 0.207. The van der Waals surface area contributed by atoms with Crippen molar-refractivity contribution >= 4 is 17.7 Å². The van der Waals surface area contributed by atoms with Crippen LogP contribution in [-0.4, -0.2) is 64.4 Å². The normalized spacial score (nSPS) is 14.9. The van der Waals surface area contributed by atoms with Crippen LogP contribution in [0.15, 0.2) is 67.1 Å². The number of carboxylic acids is 1. The molecule has 1 spiro atoms. The summed E-state index contributed by atoms with van der Waals surface area (Å²) in [6.07, 6.45) is 5.21. The maximum atomic E-state index is 13.8. The molecule has 2 aromatic heterocycles. The van der Waals surface area contributed by atoms with Crippen molar-refractivity contribution in [2.75, 3.05) is 26.3 Å². The Morgan fingerprint density at radius 1 is 0.915 bits per heavy atom. The average Bonchev–Trinajstić information content (AvgIpc) is 3.05. The Kier molecular flexibility index (Phi) is 10.3. The molecule has 2 aliphatic rings. The number of likely N-dealkylation sites (tertiary alicyclic amines) is 1. The summed E-state index contributed by atoms with van der Waals surface area (Å²) in [7, 11) is 0. The second kappa shape index (κ2) is 14.2. The Morgan fingerprint density at radius 3 is 2.21 bits per heavy atom. The number of halogens is 1. The van der Waals surface area contributed by atoms with Crippen molar-refractivity contribution in [1.29, 1.82) is 0 Å². The predicted molar refractivity (Wildman–Crippen MR) is 163 cm³/mol. The average molecular weight is 648 g/mol. The third-order valence-corrected chi connectivity index (χ3v) is 8.29. The standard InChI is InChI=1S/C35H32FN3O7.Na/c1-3-44-29-15-23(16-30(45-4-2)32(29)22-6-8-31(36)38-20-22)33(41)39-11-9-35(10-12-39)17-27(40)26-14-21(5-7-28(26)46-35)24-13-25(34(42)43)19-37-18-24;/h5-8,13-16,18-20H,3-4,9-12,17H2,1-2H3,(H,42,43);/q;+1/p-1. The predicted octanol–water partition coefficient (Wildman–Crippen LogP) is 1.75. The van der Waals surface area contributed by atoms with Gasteiger partial charge >= 0.3 is 29.6 Å². The summed E-state index contributed by atoms with van der Waals surface area (Å²) in [5, 5.41) is 11.3. The van der Waals surface area contributed by atoms with E-state index in [0.29, 0.717) is 89.8 Å². The number of aromatic carboxylic acids is 1. The van der Waals surface area contributed by atoms with Crippen molar-refractivity contribution in [2.24, 2.45) is 0 Å². The van der Waals surface area contributed by atoms with Gasteiger partial charge in [0.2, 0.25) is 5.95 Å². The first-order valence-electron chi connectivity index (χ1n) is 15.1. The van der Waals surface area contributed by atoms with Gasteiger partial charge in [-0.3, -0.25) is 14.6 Å². The maximum Gasteiger partial charge on any atom is 1.00 e. The third kappa shape index (κ3) is 7.02. The zero-order valence-electron chi connectivity index (χ0n) is 26.4. The molecule has 1 fully saturated rings. The molecule has 2 aromatic carbocycles. The summed E-state index contributed by atoms with van der Waals surface area (Å²) in [6.45, 7) is 5.10. The van der Waals surface area contributed by atoms with Gasteiger partial charge in [-0.15, -0.1) is 0 Å². The number of rotatable bonds is 8. The monoisotopic (exact) mass is 647 g/mol. The van der Waals surface area contributed by atoms with E-state index < -0.39 is 17.5 Å². The molecule has 0 radical (unpaired) electrons. The third-order valence-electron chi connectivity index (χ3n) is 8.29. The second-order valence-corrected chi connectivity index (χ2v) is 11.2. The largest absolute Gasteiger partial charge is 1.00 e. The van der Waals surface area contributed by atoms with E-state index in [1.54, 1.807) is 41.3 Å². The van der Waals surface area contributed by atoms with Crippen LogP contribution < -0.4 is 48.9 Å². The van der Waals surface area contributed by atoms with Crippen LogP contribution in [0.2, 0.25) is 0 Å². The molecule has 0 saturated carbocycles. The molecule has 1 saturated heterocycles. The van der Waals surface area contributed by atoms with Crippen molar-refractivity contribution in [2.45, 2.75) is 38.7 Å². The van der Waals surface area contributed by atoms with Crippen molar-refractivity contribution in [3.63, 3.8) is 0 Å². The van der Waals surface area contributed by atoms with Gasteiger partial charge in [-0.2, -0.15) is 4.39 Å². The minimum Gasteiger partial charge on any atom is -0.545 e. The van der Waals surface area contributed by atoms with E-state index in [9.17, 15) is 23.9 Å². The molecule has 236 valence electrons. The minimum atomic E-state index is -1.33. The fourth-order valence-electron chi connectivity index (χ4n) is 6.02. The number of carbonyl (C=O) groups excluding carboxylic acids is 3. The first kappa shape index (κ1) is 34.0. The minimum absolute atomic E-state index is 0. The fraction of sp³-hybridized carbons (Fsp3) is 0.286. The molecule has 1 amide bonds. The van der Waals surface area contributed by atoms with Crippen LogP contribution >= 0.6 is 0 Å². The Bertz CT molecular complexity index is 1800. The van der Waals surface area contributed by atoms with Crippen molar-refractivity contribution in [3.8, 4) is 39.5 Å². The number of pyridine rings is 2. The van der Waals surface area contributed by atoms with E-state index in [-0.39, 0.29) is 53.2 Å². The zero-order valence-corrected chi connectivity index (χ0v) is 28.4. The molecule has 47 heavy (non-hydrogen) atoms. The number of nitrogens with zero attached hydrogens (tertiary/aromatic N) is 3. The van der Waals surface area contributed by atoms with Crippen LogP contribution in [0.1, 0.15) is 64.2 Å². The summed E-state index contributed by atoms with van der Waals surface area (Å²) < 4.78 is 31.8. The van der Waals surface area contributed by atoms with Gasteiger partial charge in [0.25, 0.3) is 5.91 Å². The number of hydrogen-bond acceptors (Lipinski definition) is 9. The number of benzene rings is 2. The summed E-state index contributed by atoms with van der Waals surface area (Å²) in [5.41, 5.74) is 2.38. The van der Waals surface area contributed by atoms with Crippen LogP contribution in [0.4, 0.5) is 4.39 Å². The van der Waals surface area contributed by atoms with Crippen LogP contribution in [-0.2, 0) is 0 Å². The summed E-state index contributed by atoms with van der Waals surface area (Å²) >= 11 is 0. The molecule has 4 aromatic rings. The van der Waals surface area contributed by atoms with E-state index in [2.05, 4.69) is 9.97 Å². The molecular weight excluding hydrogens is 616 g/mol. The number of amides is 1. The zero-order chi connectivity index (χ0) is 32.4. The van der Waals surface area contributed by atoms with Crippen LogP contribution in [0.5, 0.6) is 17.2 Å². The van der Waals surface area contributed by atoms with Gasteiger partial charge in [0.15, 0.2) is 5.78 Å². The first-order valence-corrected chi connectivity index (χ1v) is 15.1. The number of ether oxygens (including phenoxy) is 3. The van der Waals surface area contributed by atoms with Gasteiger partial charge in [-0.25, -0.2) is 4.98 Å². The SMILES string of the molecule is CCOc1cc(C(=O)N2CCC3(CC2)CC(=O)c2cc(-c4cncc(C(=O)[O-])c4)ccc2O3)cc(OCC)c1-c1ccc(F)nc1.[Na+]. The van der Waals surface area contributed by atoms with E-state index in [4.69, 9.17) is 14.2 Å². The molecule has 0 unspecified atom stereocenters. The number of hydrogen-bond donors (Lipinski definition) is 0. The maximum absolute atomic E-state index is 13.8. The van der Waals surface area contributed by atoms with Gasteiger partial charge in [0.05, 0.1) is 36.7 Å². The van der Waals surface area contributed by atoms with Crippen molar-refractivity contribution in [1.82, 2.24) is 14.9 Å². The van der Waals surface area contributed by atoms with Crippen LogP contribution in [0, 0.1) is 5.95 Å². The van der Waals surface area contributed by atoms with Crippen LogP contribution in [0.3, 0.4) is 0 Å². The number of ketones is 1. The molecule has 4 heterocycles. The molecule has 0 N–H and O–H groups in total. The van der Waals surface area contributed by atoms with Crippen molar-refractivity contribution < 1.29 is 67.6 Å². The topological polar surface area (TPSA) is 131 Å². The number of Topliss-reactive ketones (excluding diaryl/α,β-unsaturated/α-hetero) is 1. The summed E-state index contributed by atoms with van der Waals surface area (Å²) in [4.78, 5) is 47.9. The summed E-state index contributed by atoms with van der Waals surface area (Å²) in [6, 6.07) is 12.8. The first-order chi connectivity index (χ1) is 22.2. The van der Waals surface area contributed by atoms with E-state index in [1.165, 1.54) is 30.7 Å². The molecular formula is C35H31FN3NaO7. The van der Waals surface area contributed by atoms with Gasteiger partial charge in [-0.1, -0.05) is 6.07 Å². The number of piperidine rings is 1. The van der Waals surface area contributed by atoms with Gasteiger partial charge in [0.1, 0.15) is 22.8 Å². The van der Waals surface area contributed by atoms with Crippen LogP contribution in [0.25, 0.3) is 22.3 Å². The van der Waals surface area contributed by atoms with E-state index in [0.717, 1.165) is 0 Å². The number of carboxylic acid groups (broad SMARTS) is 1. The molecule has 0 bridgehead atoms. The van der Waals surface area contributed by atoms with E-state index in [1.807, 2.05) is 13.8 Å². The molecule has 10 nitrogen and oxygen atoms in total. The molecule has 0 atom stereocenters. The number of fused-ring (bicyclic) bond motifs is 1. The molecule has 12 heteroatoms. The molecule has 6 rings (SSSR count). The van der Waals surface area contributed by atoms with Gasteiger partial charge in [0, 0.05) is 66.8 Å². The van der Waals surface area contributed by atoms with Gasteiger partial charge in [-0.05, 0) is 61.9 Å². The Hall–Kier alpha value is -4.32. The summed E-state index contributed by atoms with van der Waals surface area (Å²) in [5.74, 6) is -0.915. The number of carbonyl (C=O) groups is 3. The Morgan fingerprint density at radius 2 is 1.60 bits per heavy atom. The van der Waals surface area contributed by atoms with E-state index >= 15 is 0 Å². The fourth-order valence-corrected chi connectivity index (χ4v) is 6.02. The Balaban J connectivity index is 0.00000433. The molecule has 2 aliphatic heterocycles. The van der Waals surface area contributed by atoms with Gasteiger partial charge < -0.3 is 29.0 Å².